The normalized spacial score (nSPS) is 13.6. The van der Waals surface area contributed by atoms with Crippen molar-refractivity contribution in [2.75, 3.05) is 7.11 Å². The fourth-order valence-electron chi connectivity index (χ4n) is 2.14. The molecule has 0 aliphatic carbocycles. The molecule has 0 aromatic heterocycles. The standard InChI is InChI=1S/C17H20ClNO2/c1-11-4-9-15(16(10-11)20-3)21-17(12(2)19)13-5-7-14(18)8-6-13/h4-10,12,17H,19H2,1-3H3. The highest BCUT2D eigenvalue weighted by atomic mass is 35.5. The molecule has 112 valence electrons. The highest BCUT2D eigenvalue weighted by molar-refractivity contribution is 6.30. The fourth-order valence-corrected chi connectivity index (χ4v) is 2.27. The van der Waals surface area contributed by atoms with Crippen molar-refractivity contribution >= 4 is 11.6 Å². The fraction of sp³-hybridized carbons (Fsp3) is 0.294. The maximum absolute atomic E-state index is 6.09. The second-order valence-electron chi connectivity index (χ2n) is 5.10. The molecule has 0 saturated carbocycles. The zero-order chi connectivity index (χ0) is 15.4. The van der Waals surface area contributed by atoms with Crippen LogP contribution in [-0.4, -0.2) is 13.2 Å². The third kappa shape index (κ3) is 3.90. The molecule has 3 nitrogen and oxygen atoms in total. The third-order valence-electron chi connectivity index (χ3n) is 3.25. The number of ether oxygens (including phenoxy) is 2. The van der Waals surface area contributed by atoms with Gasteiger partial charge in [-0.2, -0.15) is 0 Å². The Morgan fingerprint density at radius 3 is 2.29 bits per heavy atom. The first kappa shape index (κ1) is 15.7. The van der Waals surface area contributed by atoms with Gasteiger partial charge >= 0.3 is 0 Å². The van der Waals surface area contributed by atoms with E-state index >= 15 is 0 Å². The third-order valence-corrected chi connectivity index (χ3v) is 3.50. The van der Waals surface area contributed by atoms with Gasteiger partial charge in [0.25, 0.3) is 0 Å². The summed E-state index contributed by atoms with van der Waals surface area (Å²) in [5.41, 5.74) is 8.17. The smallest absolute Gasteiger partial charge is 0.162 e. The summed E-state index contributed by atoms with van der Waals surface area (Å²) in [6.45, 7) is 3.93. The first-order valence-corrected chi connectivity index (χ1v) is 7.21. The number of hydrogen-bond donors (Lipinski definition) is 1. The highest BCUT2D eigenvalue weighted by Gasteiger charge is 2.20. The van der Waals surface area contributed by atoms with E-state index in [1.807, 2.05) is 56.3 Å². The molecule has 2 atom stereocenters. The summed E-state index contributed by atoms with van der Waals surface area (Å²) in [7, 11) is 1.63. The summed E-state index contributed by atoms with van der Waals surface area (Å²) in [5.74, 6) is 1.38. The molecule has 2 aromatic carbocycles. The van der Waals surface area contributed by atoms with Crippen LogP contribution in [0.3, 0.4) is 0 Å². The lowest BCUT2D eigenvalue weighted by molar-refractivity contribution is 0.173. The van der Waals surface area contributed by atoms with E-state index in [1.165, 1.54) is 0 Å². The van der Waals surface area contributed by atoms with Crippen molar-refractivity contribution in [2.45, 2.75) is 26.0 Å². The number of hydrogen-bond acceptors (Lipinski definition) is 3. The van der Waals surface area contributed by atoms with Crippen LogP contribution < -0.4 is 15.2 Å². The van der Waals surface area contributed by atoms with E-state index < -0.39 is 0 Å². The first-order valence-electron chi connectivity index (χ1n) is 6.83. The summed E-state index contributed by atoms with van der Waals surface area (Å²) in [6.07, 6.45) is -0.265. The largest absolute Gasteiger partial charge is 0.493 e. The summed E-state index contributed by atoms with van der Waals surface area (Å²) >= 11 is 5.93. The average Bonchev–Trinajstić information content (AvgIpc) is 2.46. The Bertz CT molecular complexity index is 596. The minimum atomic E-state index is -0.265. The summed E-state index contributed by atoms with van der Waals surface area (Å²) in [4.78, 5) is 0. The van der Waals surface area contributed by atoms with Gasteiger partial charge in [0.15, 0.2) is 11.5 Å². The van der Waals surface area contributed by atoms with Gasteiger partial charge in [0.1, 0.15) is 6.10 Å². The molecule has 0 spiro atoms. The molecule has 2 aromatic rings. The van der Waals surface area contributed by atoms with Crippen molar-refractivity contribution in [3.05, 3.63) is 58.6 Å². The number of rotatable bonds is 5. The van der Waals surface area contributed by atoms with Gasteiger partial charge in [-0.1, -0.05) is 29.8 Å². The van der Waals surface area contributed by atoms with E-state index in [-0.39, 0.29) is 12.1 Å². The Kier molecular flexibility index (Phi) is 5.10. The van der Waals surface area contributed by atoms with E-state index in [4.69, 9.17) is 26.8 Å². The lowest BCUT2D eigenvalue weighted by Crippen LogP contribution is -2.29. The topological polar surface area (TPSA) is 44.5 Å². The number of aryl methyl sites for hydroxylation is 1. The van der Waals surface area contributed by atoms with Gasteiger partial charge in [-0.15, -0.1) is 0 Å². The Balaban J connectivity index is 2.30. The molecule has 0 aliphatic rings. The molecule has 2 N–H and O–H groups in total. The van der Waals surface area contributed by atoms with Crippen LogP contribution in [0.4, 0.5) is 0 Å². The van der Waals surface area contributed by atoms with Gasteiger partial charge in [0, 0.05) is 11.1 Å². The summed E-state index contributed by atoms with van der Waals surface area (Å²) in [5, 5.41) is 0.690. The minimum Gasteiger partial charge on any atom is -0.493 e. The molecule has 0 radical (unpaired) electrons. The summed E-state index contributed by atoms with van der Waals surface area (Å²) < 4.78 is 11.5. The number of nitrogens with two attached hydrogens (primary N) is 1. The zero-order valence-electron chi connectivity index (χ0n) is 12.5. The molecular weight excluding hydrogens is 286 g/mol. The van der Waals surface area contributed by atoms with Crippen LogP contribution in [0, 0.1) is 6.92 Å². The van der Waals surface area contributed by atoms with Gasteiger partial charge in [-0.05, 0) is 49.2 Å². The van der Waals surface area contributed by atoms with E-state index in [0.717, 1.165) is 11.1 Å². The van der Waals surface area contributed by atoms with Crippen LogP contribution in [0.1, 0.15) is 24.2 Å². The molecule has 0 amide bonds. The molecule has 2 rings (SSSR count). The molecule has 0 fully saturated rings. The second kappa shape index (κ2) is 6.83. The van der Waals surface area contributed by atoms with E-state index in [0.29, 0.717) is 16.5 Å². The Morgan fingerprint density at radius 1 is 1.05 bits per heavy atom. The van der Waals surface area contributed by atoms with Crippen molar-refractivity contribution in [1.82, 2.24) is 0 Å². The molecule has 4 heteroatoms. The Morgan fingerprint density at radius 2 is 1.71 bits per heavy atom. The van der Waals surface area contributed by atoms with Crippen molar-refractivity contribution in [3.63, 3.8) is 0 Å². The minimum absolute atomic E-state index is 0.169. The maximum atomic E-state index is 6.09. The lowest BCUT2D eigenvalue weighted by atomic mass is 10.0. The molecule has 0 heterocycles. The van der Waals surface area contributed by atoms with Crippen LogP contribution in [0.25, 0.3) is 0 Å². The molecule has 0 saturated heterocycles. The maximum Gasteiger partial charge on any atom is 0.162 e. The number of benzene rings is 2. The molecular formula is C17H20ClNO2. The van der Waals surface area contributed by atoms with Gasteiger partial charge in [-0.25, -0.2) is 0 Å². The number of methoxy groups -OCH3 is 1. The van der Waals surface area contributed by atoms with Gasteiger partial charge in [-0.3, -0.25) is 0 Å². The number of halogens is 1. The van der Waals surface area contributed by atoms with Gasteiger partial charge in [0.05, 0.1) is 7.11 Å². The molecule has 2 unspecified atom stereocenters. The average molecular weight is 306 g/mol. The van der Waals surface area contributed by atoms with Gasteiger partial charge in [0.2, 0.25) is 0 Å². The van der Waals surface area contributed by atoms with Crippen LogP contribution in [-0.2, 0) is 0 Å². The Labute approximate surface area is 130 Å². The van der Waals surface area contributed by atoms with Crippen molar-refractivity contribution in [1.29, 1.82) is 0 Å². The Hall–Kier alpha value is -1.71. The van der Waals surface area contributed by atoms with E-state index in [1.54, 1.807) is 7.11 Å². The molecule has 0 aliphatic heterocycles. The van der Waals surface area contributed by atoms with Crippen LogP contribution in [0.2, 0.25) is 5.02 Å². The van der Waals surface area contributed by atoms with Crippen LogP contribution in [0.5, 0.6) is 11.5 Å². The van der Waals surface area contributed by atoms with E-state index in [2.05, 4.69) is 0 Å². The molecule has 21 heavy (non-hydrogen) atoms. The summed E-state index contributed by atoms with van der Waals surface area (Å²) in [6, 6.07) is 13.2. The highest BCUT2D eigenvalue weighted by Crippen LogP contribution is 2.33. The van der Waals surface area contributed by atoms with Crippen molar-refractivity contribution in [3.8, 4) is 11.5 Å². The monoisotopic (exact) mass is 305 g/mol. The predicted molar refractivity (Wildman–Crippen MR) is 86.2 cm³/mol. The quantitative estimate of drug-likeness (QED) is 0.903. The van der Waals surface area contributed by atoms with Gasteiger partial charge < -0.3 is 15.2 Å². The van der Waals surface area contributed by atoms with Crippen LogP contribution in [0.15, 0.2) is 42.5 Å². The predicted octanol–water partition coefficient (Wildman–Crippen LogP) is 4.12. The zero-order valence-corrected chi connectivity index (χ0v) is 13.2. The second-order valence-corrected chi connectivity index (χ2v) is 5.54. The van der Waals surface area contributed by atoms with Crippen molar-refractivity contribution in [2.24, 2.45) is 5.73 Å². The lowest BCUT2D eigenvalue weighted by Gasteiger charge is -2.24. The van der Waals surface area contributed by atoms with Crippen molar-refractivity contribution < 1.29 is 9.47 Å². The first-order chi connectivity index (χ1) is 10.0. The molecule has 0 bridgehead atoms. The van der Waals surface area contributed by atoms with Crippen LogP contribution >= 0.6 is 11.6 Å². The van der Waals surface area contributed by atoms with E-state index in [9.17, 15) is 0 Å². The SMILES string of the molecule is COc1cc(C)ccc1OC(c1ccc(Cl)cc1)C(C)N.